The van der Waals surface area contributed by atoms with Gasteiger partial charge in [0, 0.05) is 13.6 Å². The van der Waals surface area contributed by atoms with Crippen molar-refractivity contribution in [1.82, 2.24) is 4.31 Å². The number of rotatable bonds is 8. The molecule has 80 valence electrons. The molecule has 0 radical (unpaired) electrons. The molecule has 1 atom stereocenters. The average molecular weight is 207 g/mol. The van der Waals surface area contributed by atoms with E-state index >= 15 is 0 Å². The molecule has 13 heavy (non-hydrogen) atoms. The third kappa shape index (κ3) is 8.40. The van der Waals surface area contributed by atoms with Crippen molar-refractivity contribution in [3.8, 4) is 0 Å². The second-order valence-corrected chi connectivity index (χ2v) is 4.43. The monoisotopic (exact) mass is 207 g/mol. The third-order valence-electron chi connectivity index (χ3n) is 2.09. The second kappa shape index (κ2) is 8.66. The van der Waals surface area contributed by atoms with E-state index in [1.807, 2.05) is 0 Å². The second-order valence-electron chi connectivity index (χ2n) is 3.35. The van der Waals surface area contributed by atoms with E-state index in [0.29, 0.717) is 0 Å². The van der Waals surface area contributed by atoms with E-state index in [2.05, 4.69) is 6.92 Å². The molecular weight excluding hydrogens is 186 g/mol. The standard InChI is InChI=1S/C9H21NO2S/c1-3-4-5-6-7-8-9-10(2)13(11)12/h3-9H2,1-2H3,(H,11,12). The fourth-order valence-corrected chi connectivity index (χ4v) is 1.48. The van der Waals surface area contributed by atoms with E-state index in [1.54, 1.807) is 7.05 Å². The summed E-state index contributed by atoms with van der Waals surface area (Å²) in [7, 11) is 1.67. The van der Waals surface area contributed by atoms with Crippen molar-refractivity contribution in [1.29, 1.82) is 0 Å². The molecule has 0 bridgehead atoms. The summed E-state index contributed by atoms with van der Waals surface area (Å²) in [5.41, 5.74) is 0. The molecule has 0 saturated carbocycles. The van der Waals surface area contributed by atoms with Gasteiger partial charge in [0.15, 0.2) is 0 Å². The molecule has 0 amide bonds. The van der Waals surface area contributed by atoms with Gasteiger partial charge in [0.05, 0.1) is 0 Å². The quantitative estimate of drug-likeness (QED) is 0.490. The summed E-state index contributed by atoms with van der Waals surface area (Å²) in [6.07, 6.45) is 7.30. The van der Waals surface area contributed by atoms with Crippen LogP contribution in [0.15, 0.2) is 0 Å². The lowest BCUT2D eigenvalue weighted by Gasteiger charge is -2.10. The predicted octanol–water partition coefficient (Wildman–Crippen LogP) is 2.42. The molecule has 1 unspecified atom stereocenters. The van der Waals surface area contributed by atoms with E-state index < -0.39 is 11.3 Å². The first-order valence-electron chi connectivity index (χ1n) is 5.00. The summed E-state index contributed by atoms with van der Waals surface area (Å²) in [6, 6.07) is 0. The van der Waals surface area contributed by atoms with Crippen LogP contribution in [0.1, 0.15) is 45.4 Å². The molecule has 0 aromatic rings. The van der Waals surface area contributed by atoms with Gasteiger partial charge in [-0.15, -0.1) is 0 Å². The molecular formula is C9H21NO2S. The summed E-state index contributed by atoms with van der Waals surface area (Å²) in [5.74, 6) is 0. The highest BCUT2D eigenvalue weighted by molar-refractivity contribution is 7.76. The van der Waals surface area contributed by atoms with Gasteiger partial charge >= 0.3 is 0 Å². The Balaban J connectivity index is 3.11. The van der Waals surface area contributed by atoms with Crippen LogP contribution in [-0.2, 0) is 11.3 Å². The van der Waals surface area contributed by atoms with E-state index in [9.17, 15) is 4.21 Å². The van der Waals surface area contributed by atoms with Gasteiger partial charge < -0.3 is 0 Å². The van der Waals surface area contributed by atoms with Gasteiger partial charge in [0.2, 0.25) is 11.3 Å². The molecule has 0 fully saturated rings. The SMILES string of the molecule is CCCCCCCCN(C)S(=O)O. The van der Waals surface area contributed by atoms with Gasteiger partial charge in [-0.3, -0.25) is 4.55 Å². The first-order chi connectivity index (χ1) is 6.18. The Morgan fingerprint density at radius 3 is 2.23 bits per heavy atom. The number of hydrogen-bond acceptors (Lipinski definition) is 1. The van der Waals surface area contributed by atoms with Crippen LogP contribution in [0, 0.1) is 0 Å². The number of hydrogen-bond donors (Lipinski definition) is 1. The minimum Gasteiger partial charge on any atom is -0.294 e. The molecule has 0 aliphatic carbocycles. The maximum absolute atomic E-state index is 10.5. The van der Waals surface area contributed by atoms with Crippen molar-refractivity contribution in [3.05, 3.63) is 0 Å². The van der Waals surface area contributed by atoms with Gasteiger partial charge in [-0.1, -0.05) is 39.0 Å². The lowest BCUT2D eigenvalue weighted by atomic mass is 10.1. The Bertz CT molecular complexity index is 142. The summed E-state index contributed by atoms with van der Waals surface area (Å²) >= 11 is -1.79. The predicted molar refractivity (Wildman–Crippen MR) is 56.8 cm³/mol. The van der Waals surface area contributed by atoms with Crippen molar-refractivity contribution in [3.63, 3.8) is 0 Å². The fourth-order valence-electron chi connectivity index (χ4n) is 1.19. The normalized spacial score (nSPS) is 13.5. The molecule has 3 nitrogen and oxygen atoms in total. The lowest BCUT2D eigenvalue weighted by Crippen LogP contribution is -2.21. The third-order valence-corrected chi connectivity index (χ3v) is 2.81. The van der Waals surface area contributed by atoms with E-state index in [0.717, 1.165) is 13.0 Å². The minimum absolute atomic E-state index is 0.717. The summed E-state index contributed by atoms with van der Waals surface area (Å²) < 4.78 is 20.6. The molecule has 0 saturated heterocycles. The number of unbranched alkanes of at least 4 members (excludes halogenated alkanes) is 5. The topological polar surface area (TPSA) is 40.5 Å². The number of nitrogens with zero attached hydrogens (tertiary/aromatic N) is 1. The van der Waals surface area contributed by atoms with Crippen LogP contribution in [0.3, 0.4) is 0 Å². The molecule has 0 rings (SSSR count). The lowest BCUT2D eigenvalue weighted by molar-refractivity contribution is 0.432. The van der Waals surface area contributed by atoms with Crippen molar-refractivity contribution in [2.45, 2.75) is 45.4 Å². The zero-order valence-electron chi connectivity index (χ0n) is 8.66. The Hall–Kier alpha value is 0.0700. The van der Waals surface area contributed by atoms with Gasteiger partial charge in [0.25, 0.3) is 0 Å². The molecule has 0 aliphatic heterocycles. The van der Waals surface area contributed by atoms with Crippen LogP contribution < -0.4 is 0 Å². The fraction of sp³-hybridized carbons (Fsp3) is 1.00. The highest BCUT2D eigenvalue weighted by atomic mass is 32.2. The average Bonchev–Trinajstić information content (AvgIpc) is 2.10. The zero-order chi connectivity index (χ0) is 10.1. The van der Waals surface area contributed by atoms with Gasteiger partial charge in [-0.25, -0.2) is 8.51 Å². The van der Waals surface area contributed by atoms with Crippen LogP contribution in [-0.4, -0.2) is 26.7 Å². The minimum atomic E-state index is -1.79. The summed E-state index contributed by atoms with van der Waals surface area (Å²) in [6.45, 7) is 2.91. The first-order valence-corrected chi connectivity index (χ1v) is 6.07. The molecule has 0 aromatic heterocycles. The molecule has 1 N–H and O–H groups in total. The van der Waals surface area contributed by atoms with Gasteiger partial charge in [-0.05, 0) is 6.42 Å². The zero-order valence-corrected chi connectivity index (χ0v) is 9.48. The van der Waals surface area contributed by atoms with Gasteiger partial charge in [-0.2, -0.15) is 0 Å². The smallest absolute Gasteiger partial charge is 0.234 e. The molecule has 0 heterocycles. The highest BCUT2D eigenvalue weighted by Crippen LogP contribution is 2.05. The van der Waals surface area contributed by atoms with Crippen molar-refractivity contribution >= 4 is 11.3 Å². The van der Waals surface area contributed by atoms with E-state index in [-0.39, 0.29) is 0 Å². The maximum atomic E-state index is 10.5. The van der Waals surface area contributed by atoms with Crippen LogP contribution in [0.4, 0.5) is 0 Å². The highest BCUT2D eigenvalue weighted by Gasteiger charge is 2.02. The summed E-state index contributed by atoms with van der Waals surface area (Å²) in [4.78, 5) is 0. The van der Waals surface area contributed by atoms with Crippen molar-refractivity contribution in [2.24, 2.45) is 0 Å². The largest absolute Gasteiger partial charge is 0.294 e. The van der Waals surface area contributed by atoms with Crippen molar-refractivity contribution in [2.75, 3.05) is 13.6 Å². The van der Waals surface area contributed by atoms with E-state index in [4.69, 9.17) is 4.55 Å². The molecule has 4 heteroatoms. The Kier molecular flexibility index (Phi) is 8.71. The van der Waals surface area contributed by atoms with Gasteiger partial charge in [0.1, 0.15) is 0 Å². The molecule has 0 aliphatic rings. The van der Waals surface area contributed by atoms with Crippen LogP contribution >= 0.6 is 0 Å². The Labute approximate surface area is 83.9 Å². The van der Waals surface area contributed by atoms with E-state index in [1.165, 1.54) is 36.4 Å². The van der Waals surface area contributed by atoms with Crippen LogP contribution in [0.25, 0.3) is 0 Å². The molecule has 0 aromatic carbocycles. The summed E-state index contributed by atoms with van der Waals surface area (Å²) in [5, 5.41) is 0. The Morgan fingerprint density at radius 2 is 1.69 bits per heavy atom. The van der Waals surface area contributed by atoms with Crippen LogP contribution in [0.2, 0.25) is 0 Å². The first kappa shape index (κ1) is 13.1. The van der Waals surface area contributed by atoms with Crippen molar-refractivity contribution < 1.29 is 8.76 Å². The molecule has 0 spiro atoms. The maximum Gasteiger partial charge on any atom is 0.234 e. The Morgan fingerprint density at radius 1 is 1.15 bits per heavy atom. The van der Waals surface area contributed by atoms with Crippen LogP contribution in [0.5, 0.6) is 0 Å².